The summed E-state index contributed by atoms with van der Waals surface area (Å²) in [5.74, 6) is -0.139. The van der Waals surface area contributed by atoms with Crippen LogP contribution in [0, 0.1) is 5.41 Å². The van der Waals surface area contributed by atoms with Crippen molar-refractivity contribution in [2.24, 2.45) is 11.1 Å². The van der Waals surface area contributed by atoms with Gasteiger partial charge in [-0.2, -0.15) is 0 Å². The van der Waals surface area contributed by atoms with Crippen LogP contribution >= 0.6 is 12.4 Å². The second kappa shape index (κ2) is 8.89. The van der Waals surface area contributed by atoms with Crippen molar-refractivity contribution in [1.29, 1.82) is 0 Å². The highest BCUT2D eigenvalue weighted by molar-refractivity contribution is 5.93. The van der Waals surface area contributed by atoms with Gasteiger partial charge in [0.25, 0.3) is 0 Å². The van der Waals surface area contributed by atoms with Gasteiger partial charge in [-0.05, 0) is 43.0 Å². The summed E-state index contributed by atoms with van der Waals surface area (Å²) in [6, 6.07) is 7.17. The molecule has 6 heteroatoms. The van der Waals surface area contributed by atoms with Crippen molar-refractivity contribution < 1.29 is 9.59 Å². The number of amides is 2. The Bertz CT molecular complexity index is 542. The lowest BCUT2D eigenvalue weighted by Gasteiger charge is -2.35. The standard InChI is InChI=1S/C17H25N3O2.ClH/c1-13(21)19-14-6-5-7-15(10-14)20-16(22)11-17(12-18)8-3-2-4-9-17;/h5-7,10H,2-4,8-9,11-12,18H2,1H3,(H,19,21)(H,20,22);1H. The number of nitrogens with one attached hydrogen (secondary N) is 2. The van der Waals surface area contributed by atoms with Crippen molar-refractivity contribution in [3.63, 3.8) is 0 Å². The summed E-state index contributed by atoms with van der Waals surface area (Å²) < 4.78 is 0. The summed E-state index contributed by atoms with van der Waals surface area (Å²) in [6.45, 7) is 2.02. The lowest BCUT2D eigenvalue weighted by Crippen LogP contribution is -2.36. The van der Waals surface area contributed by atoms with Crippen LogP contribution in [0.15, 0.2) is 24.3 Å². The average molecular weight is 340 g/mol. The van der Waals surface area contributed by atoms with Gasteiger partial charge in [0.05, 0.1) is 0 Å². The van der Waals surface area contributed by atoms with E-state index in [1.807, 2.05) is 6.07 Å². The number of halogens is 1. The summed E-state index contributed by atoms with van der Waals surface area (Å²) in [6.07, 6.45) is 6.08. The number of hydrogen-bond acceptors (Lipinski definition) is 3. The molecule has 4 N–H and O–H groups in total. The molecule has 5 nitrogen and oxygen atoms in total. The highest BCUT2D eigenvalue weighted by Crippen LogP contribution is 2.38. The second-order valence-electron chi connectivity index (χ2n) is 6.25. The first-order valence-electron chi connectivity index (χ1n) is 7.91. The molecule has 0 unspecified atom stereocenters. The molecule has 23 heavy (non-hydrogen) atoms. The second-order valence-corrected chi connectivity index (χ2v) is 6.25. The molecule has 1 aromatic carbocycles. The van der Waals surface area contributed by atoms with E-state index in [0.29, 0.717) is 24.3 Å². The fourth-order valence-electron chi connectivity index (χ4n) is 3.18. The van der Waals surface area contributed by atoms with Gasteiger partial charge in [-0.3, -0.25) is 9.59 Å². The Morgan fingerprint density at radius 2 is 1.74 bits per heavy atom. The van der Waals surface area contributed by atoms with Crippen LogP contribution in [0.3, 0.4) is 0 Å². The topological polar surface area (TPSA) is 84.2 Å². The van der Waals surface area contributed by atoms with Gasteiger partial charge in [0, 0.05) is 24.7 Å². The first-order chi connectivity index (χ1) is 10.5. The van der Waals surface area contributed by atoms with Crippen LogP contribution in [0.1, 0.15) is 45.4 Å². The SMILES string of the molecule is CC(=O)Nc1cccc(NC(=O)CC2(CN)CCCCC2)c1.Cl. The third-order valence-corrected chi connectivity index (χ3v) is 4.35. The van der Waals surface area contributed by atoms with E-state index in [1.54, 1.807) is 18.2 Å². The van der Waals surface area contributed by atoms with Crippen molar-refractivity contribution in [3.05, 3.63) is 24.3 Å². The smallest absolute Gasteiger partial charge is 0.224 e. The van der Waals surface area contributed by atoms with Crippen LogP contribution in [-0.4, -0.2) is 18.4 Å². The van der Waals surface area contributed by atoms with Gasteiger partial charge in [0.1, 0.15) is 0 Å². The van der Waals surface area contributed by atoms with Gasteiger partial charge in [-0.25, -0.2) is 0 Å². The van der Waals surface area contributed by atoms with Crippen LogP contribution < -0.4 is 16.4 Å². The molecule has 0 heterocycles. The molecule has 0 saturated heterocycles. The van der Waals surface area contributed by atoms with E-state index in [9.17, 15) is 9.59 Å². The molecule has 0 bridgehead atoms. The fourth-order valence-corrected chi connectivity index (χ4v) is 3.18. The molecular weight excluding hydrogens is 314 g/mol. The number of benzene rings is 1. The Kier molecular flexibility index (Phi) is 7.52. The Labute approximate surface area is 143 Å². The Morgan fingerprint density at radius 3 is 2.30 bits per heavy atom. The van der Waals surface area contributed by atoms with Crippen LogP contribution in [0.25, 0.3) is 0 Å². The van der Waals surface area contributed by atoms with E-state index in [1.165, 1.54) is 13.3 Å². The molecule has 1 aromatic rings. The van der Waals surface area contributed by atoms with Crippen LogP contribution in [-0.2, 0) is 9.59 Å². The van der Waals surface area contributed by atoms with Gasteiger partial charge in [-0.15, -0.1) is 12.4 Å². The maximum Gasteiger partial charge on any atom is 0.224 e. The minimum atomic E-state index is -0.132. The normalized spacial score (nSPS) is 16.1. The maximum absolute atomic E-state index is 12.3. The quantitative estimate of drug-likeness (QED) is 0.769. The monoisotopic (exact) mass is 339 g/mol. The molecule has 0 atom stereocenters. The predicted molar refractivity (Wildman–Crippen MR) is 95.8 cm³/mol. The maximum atomic E-state index is 12.3. The summed E-state index contributed by atoms with van der Waals surface area (Å²) in [5, 5.41) is 5.62. The van der Waals surface area contributed by atoms with Crippen LogP contribution in [0.5, 0.6) is 0 Å². The largest absolute Gasteiger partial charge is 0.330 e. The highest BCUT2D eigenvalue weighted by atomic mass is 35.5. The number of hydrogen-bond donors (Lipinski definition) is 3. The fraction of sp³-hybridized carbons (Fsp3) is 0.529. The molecule has 128 valence electrons. The van der Waals surface area contributed by atoms with Gasteiger partial charge in [0.2, 0.25) is 11.8 Å². The van der Waals surface area contributed by atoms with E-state index in [4.69, 9.17) is 5.73 Å². The van der Waals surface area contributed by atoms with Crippen LogP contribution in [0.2, 0.25) is 0 Å². The Morgan fingerprint density at radius 1 is 1.13 bits per heavy atom. The number of carbonyl (C=O) groups is 2. The lowest BCUT2D eigenvalue weighted by atomic mass is 9.71. The van der Waals surface area contributed by atoms with Crippen molar-refractivity contribution in [2.75, 3.05) is 17.2 Å². The highest BCUT2D eigenvalue weighted by Gasteiger charge is 2.32. The molecule has 2 amide bonds. The Balaban J connectivity index is 0.00000264. The van der Waals surface area contributed by atoms with Crippen molar-refractivity contribution in [1.82, 2.24) is 0 Å². The van der Waals surface area contributed by atoms with Crippen molar-refractivity contribution >= 4 is 35.6 Å². The third kappa shape index (κ3) is 5.84. The van der Waals surface area contributed by atoms with E-state index >= 15 is 0 Å². The summed E-state index contributed by atoms with van der Waals surface area (Å²) in [7, 11) is 0. The Hall–Kier alpha value is -1.59. The predicted octanol–water partition coefficient (Wildman–Crippen LogP) is 3.30. The zero-order valence-electron chi connectivity index (χ0n) is 13.6. The summed E-state index contributed by atoms with van der Waals surface area (Å²) in [4.78, 5) is 23.4. The molecule has 1 aliphatic carbocycles. The molecular formula is C17H26ClN3O2. The van der Waals surface area contributed by atoms with Gasteiger partial charge >= 0.3 is 0 Å². The molecule has 0 aromatic heterocycles. The van der Waals surface area contributed by atoms with Crippen LogP contribution in [0.4, 0.5) is 11.4 Å². The van der Waals surface area contributed by atoms with Crippen molar-refractivity contribution in [2.45, 2.75) is 45.4 Å². The number of carbonyl (C=O) groups excluding carboxylic acids is 2. The van der Waals surface area contributed by atoms with E-state index in [0.717, 1.165) is 25.7 Å². The average Bonchev–Trinajstić information content (AvgIpc) is 2.47. The number of rotatable bonds is 5. The van der Waals surface area contributed by atoms with E-state index in [-0.39, 0.29) is 29.6 Å². The molecule has 2 rings (SSSR count). The first kappa shape index (κ1) is 19.5. The molecule has 1 fully saturated rings. The summed E-state index contributed by atoms with van der Waals surface area (Å²) in [5.41, 5.74) is 7.26. The minimum absolute atomic E-state index is 0. The molecule has 1 aliphatic rings. The zero-order valence-corrected chi connectivity index (χ0v) is 14.4. The van der Waals surface area contributed by atoms with E-state index < -0.39 is 0 Å². The van der Waals surface area contributed by atoms with Crippen molar-refractivity contribution in [3.8, 4) is 0 Å². The molecule has 1 saturated carbocycles. The lowest BCUT2D eigenvalue weighted by molar-refractivity contribution is -0.119. The summed E-state index contributed by atoms with van der Waals surface area (Å²) >= 11 is 0. The van der Waals surface area contributed by atoms with Gasteiger partial charge in [-0.1, -0.05) is 25.3 Å². The zero-order chi connectivity index (χ0) is 16.0. The molecule has 0 spiro atoms. The van der Waals surface area contributed by atoms with E-state index in [2.05, 4.69) is 10.6 Å². The minimum Gasteiger partial charge on any atom is -0.330 e. The third-order valence-electron chi connectivity index (χ3n) is 4.35. The number of nitrogens with two attached hydrogens (primary N) is 1. The van der Waals surface area contributed by atoms with Gasteiger partial charge in [0.15, 0.2) is 0 Å². The first-order valence-corrected chi connectivity index (χ1v) is 7.91. The molecule has 0 aliphatic heterocycles. The number of anilines is 2. The van der Waals surface area contributed by atoms with Gasteiger partial charge < -0.3 is 16.4 Å². The molecule has 0 radical (unpaired) electrons.